The Balaban J connectivity index is 2.00. The quantitative estimate of drug-likeness (QED) is 0.861. The molecule has 0 aliphatic carbocycles. The predicted molar refractivity (Wildman–Crippen MR) is 71.9 cm³/mol. The molecular weight excluding hydrogens is 264 g/mol. The lowest BCUT2D eigenvalue weighted by Crippen LogP contribution is -2.20. The van der Waals surface area contributed by atoms with Crippen LogP contribution in [0.3, 0.4) is 0 Å². The Kier molecular flexibility index (Phi) is 2.91. The third-order valence-electron chi connectivity index (χ3n) is 3.17. The summed E-state index contributed by atoms with van der Waals surface area (Å²) in [6.07, 6.45) is -0.257. The summed E-state index contributed by atoms with van der Waals surface area (Å²) in [6, 6.07) is 11.9. The second-order valence-corrected chi connectivity index (χ2v) is 4.87. The maximum absolute atomic E-state index is 12.1. The molecule has 1 atom stereocenters. The molecule has 0 saturated carbocycles. The summed E-state index contributed by atoms with van der Waals surface area (Å²) >= 11 is 5.87. The Morgan fingerprint density at radius 3 is 2.79 bits per heavy atom. The van der Waals surface area contributed by atoms with E-state index < -0.39 is 6.10 Å². The minimum atomic E-state index is -0.456. The van der Waals surface area contributed by atoms with Crippen LogP contribution in [0.1, 0.15) is 28.4 Å². The molecule has 3 rings (SSSR count). The Labute approximate surface area is 115 Å². The largest absolute Gasteiger partial charge is 0.508 e. The molecule has 1 heterocycles. The van der Waals surface area contributed by atoms with Crippen LogP contribution in [-0.2, 0) is 0 Å². The maximum Gasteiger partial charge on any atom is 0.170 e. The van der Waals surface area contributed by atoms with Gasteiger partial charge in [-0.25, -0.2) is 0 Å². The zero-order chi connectivity index (χ0) is 13.4. The fourth-order valence-electron chi connectivity index (χ4n) is 2.23. The van der Waals surface area contributed by atoms with Crippen molar-refractivity contribution in [3.63, 3.8) is 0 Å². The number of benzene rings is 2. The summed E-state index contributed by atoms with van der Waals surface area (Å²) in [6.45, 7) is 0. The molecule has 1 N–H and O–H groups in total. The normalized spacial score (nSPS) is 17.7. The lowest BCUT2D eigenvalue weighted by Gasteiger charge is -2.26. The topological polar surface area (TPSA) is 46.5 Å². The molecule has 96 valence electrons. The van der Waals surface area contributed by atoms with Crippen molar-refractivity contribution < 1.29 is 14.6 Å². The lowest BCUT2D eigenvalue weighted by atomic mass is 9.96. The van der Waals surface area contributed by atoms with Crippen LogP contribution in [0.2, 0.25) is 5.02 Å². The third-order valence-corrected chi connectivity index (χ3v) is 3.40. The van der Waals surface area contributed by atoms with E-state index in [2.05, 4.69) is 0 Å². The number of hydrogen-bond acceptors (Lipinski definition) is 3. The van der Waals surface area contributed by atoms with Gasteiger partial charge in [0.1, 0.15) is 17.6 Å². The minimum Gasteiger partial charge on any atom is -0.508 e. The van der Waals surface area contributed by atoms with Crippen molar-refractivity contribution in [3.8, 4) is 11.5 Å². The van der Waals surface area contributed by atoms with E-state index in [0.717, 1.165) is 0 Å². The smallest absolute Gasteiger partial charge is 0.170 e. The van der Waals surface area contributed by atoms with E-state index in [1.807, 2.05) is 0 Å². The predicted octanol–water partition coefficient (Wildman–Crippen LogP) is 3.75. The van der Waals surface area contributed by atoms with Gasteiger partial charge in [0.25, 0.3) is 0 Å². The molecule has 3 nitrogen and oxygen atoms in total. The molecule has 0 radical (unpaired) electrons. The van der Waals surface area contributed by atoms with Crippen molar-refractivity contribution in [1.29, 1.82) is 0 Å². The Bertz CT molecular complexity index is 652. The van der Waals surface area contributed by atoms with E-state index in [4.69, 9.17) is 16.3 Å². The van der Waals surface area contributed by atoms with Crippen LogP contribution in [0.15, 0.2) is 42.5 Å². The molecular formula is C15H11ClO3. The number of Topliss-reactive ketones (excluding diaryl/α,β-unsaturated/α-hetero) is 1. The fourth-order valence-corrected chi connectivity index (χ4v) is 2.40. The number of fused-ring (bicyclic) bond motifs is 1. The second kappa shape index (κ2) is 4.59. The Morgan fingerprint density at radius 2 is 2.00 bits per heavy atom. The van der Waals surface area contributed by atoms with Gasteiger partial charge >= 0.3 is 0 Å². The molecule has 4 heteroatoms. The number of phenols is 1. The highest BCUT2D eigenvalue weighted by atomic mass is 35.5. The van der Waals surface area contributed by atoms with Crippen molar-refractivity contribution in [2.45, 2.75) is 12.5 Å². The lowest BCUT2D eigenvalue weighted by molar-refractivity contribution is 0.0847. The first kappa shape index (κ1) is 12.1. The minimum absolute atomic E-state index is 0.0306. The number of carbonyl (C=O) groups is 1. The number of aromatic hydroxyl groups is 1. The van der Waals surface area contributed by atoms with Crippen molar-refractivity contribution in [2.75, 3.05) is 0 Å². The van der Waals surface area contributed by atoms with Gasteiger partial charge in [-0.1, -0.05) is 29.8 Å². The SMILES string of the molecule is O=C1CC(c2ccccc2O)Oc2ccc(Cl)cc21. The van der Waals surface area contributed by atoms with Crippen LogP contribution < -0.4 is 4.74 Å². The molecule has 2 aromatic carbocycles. The van der Waals surface area contributed by atoms with Crippen LogP contribution >= 0.6 is 11.6 Å². The first-order chi connectivity index (χ1) is 9.15. The van der Waals surface area contributed by atoms with Gasteiger partial charge in [-0.2, -0.15) is 0 Å². The summed E-state index contributed by atoms with van der Waals surface area (Å²) in [7, 11) is 0. The number of phenolic OH excluding ortho intramolecular Hbond substituents is 1. The molecule has 19 heavy (non-hydrogen) atoms. The first-order valence-electron chi connectivity index (χ1n) is 5.92. The molecule has 0 spiro atoms. The van der Waals surface area contributed by atoms with Crippen molar-refractivity contribution >= 4 is 17.4 Å². The average molecular weight is 275 g/mol. The molecule has 0 fully saturated rings. The van der Waals surface area contributed by atoms with E-state index >= 15 is 0 Å². The number of hydrogen-bond donors (Lipinski definition) is 1. The van der Waals surface area contributed by atoms with E-state index in [1.165, 1.54) is 0 Å². The number of halogens is 1. The average Bonchev–Trinajstić information content (AvgIpc) is 2.40. The van der Waals surface area contributed by atoms with Crippen LogP contribution in [-0.4, -0.2) is 10.9 Å². The Morgan fingerprint density at radius 1 is 1.21 bits per heavy atom. The molecule has 1 aliphatic rings. The van der Waals surface area contributed by atoms with Crippen molar-refractivity contribution in [2.24, 2.45) is 0 Å². The van der Waals surface area contributed by atoms with Crippen molar-refractivity contribution in [1.82, 2.24) is 0 Å². The number of para-hydroxylation sites is 1. The number of ether oxygens (including phenoxy) is 1. The van der Waals surface area contributed by atoms with Gasteiger partial charge in [0.05, 0.1) is 12.0 Å². The maximum atomic E-state index is 12.1. The number of ketones is 1. The molecule has 1 unspecified atom stereocenters. The van der Waals surface area contributed by atoms with Gasteiger partial charge in [-0.3, -0.25) is 4.79 Å². The van der Waals surface area contributed by atoms with Gasteiger partial charge in [-0.05, 0) is 24.3 Å². The summed E-state index contributed by atoms with van der Waals surface area (Å²) in [4.78, 5) is 12.1. The molecule has 0 bridgehead atoms. The highest BCUT2D eigenvalue weighted by molar-refractivity contribution is 6.31. The standard InChI is InChI=1S/C15H11ClO3/c16-9-5-6-14-11(7-9)13(18)8-15(19-14)10-3-1-2-4-12(10)17/h1-7,15,17H,8H2. The Hall–Kier alpha value is -2.00. The van der Waals surface area contributed by atoms with E-state index in [-0.39, 0.29) is 18.0 Å². The zero-order valence-electron chi connectivity index (χ0n) is 9.97. The molecule has 2 aromatic rings. The number of carbonyl (C=O) groups excluding carboxylic acids is 1. The second-order valence-electron chi connectivity index (χ2n) is 4.43. The van der Waals surface area contributed by atoms with E-state index in [1.54, 1.807) is 42.5 Å². The molecule has 1 aliphatic heterocycles. The van der Waals surface area contributed by atoms with Gasteiger partial charge in [0.15, 0.2) is 5.78 Å². The summed E-state index contributed by atoms with van der Waals surface area (Å²) in [5.74, 6) is 0.614. The summed E-state index contributed by atoms with van der Waals surface area (Å²) in [5, 5.41) is 10.3. The molecule has 0 saturated heterocycles. The van der Waals surface area contributed by atoms with Crippen LogP contribution in [0.5, 0.6) is 11.5 Å². The summed E-state index contributed by atoms with van der Waals surface area (Å²) < 4.78 is 5.78. The first-order valence-corrected chi connectivity index (χ1v) is 6.30. The van der Waals surface area contributed by atoms with E-state index in [9.17, 15) is 9.90 Å². The van der Waals surface area contributed by atoms with Crippen LogP contribution in [0.4, 0.5) is 0 Å². The fraction of sp³-hybridized carbons (Fsp3) is 0.133. The van der Waals surface area contributed by atoms with Crippen LogP contribution in [0, 0.1) is 0 Å². The molecule has 0 aromatic heterocycles. The van der Waals surface area contributed by atoms with E-state index in [0.29, 0.717) is 21.9 Å². The van der Waals surface area contributed by atoms with Crippen LogP contribution in [0.25, 0.3) is 0 Å². The zero-order valence-corrected chi connectivity index (χ0v) is 10.7. The number of rotatable bonds is 1. The van der Waals surface area contributed by atoms with Gasteiger partial charge in [0, 0.05) is 10.6 Å². The highest BCUT2D eigenvalue weighted by Crippen LogP contribution is 2.38. The third kappa shape index (κ3) is 2.17. The van der Waals surface area contributed by atoms with Crippen molar-refractivity contribution in [3.05, 3.63) is 58.6 Å². The van der Waals surface area contributed by atoms with Gasteiger partial charge in [0.2, 0.25) is 0 Å². The summed E-state index contributed by atoms with van der Waals surface area (Å²) in [5.41, 5.74) is 1.12. The van der Waals surface area contributed by atoms with Gasteiger partial charge < -0.3 is 9.84 Å². The highest BCUT2D eigenvalue weighted by Gasteiger charge is 2.29. The van der Waals surface area contributed by atoms with Gasteiger partial charge in [-0.15, -0.1) is 0 Å². The monoisotopic (exact) mass is 274 g/mol. The molecule has 0 amide bonds.